The number of carboxylic acids is 1. The molecule has 1 unspecified atom stereocenters. The van der Waals surface area contributed by atoms with Gasteiger partial charge in [0.25, 0.3) is 0 Å². The molecule has 0 aliphatic heterocycles. The first-order chi connectivity index (χ1) is 21.8. The topological polar surface area (TPSA) is 93.1 Å². The maximum absolute atomic E-state index is 13.4. The van der Waals surface area contributed by atoms with Gasteiger partial charge in [0.05, 0.1) is 11.7 Å². The average Bonchev–Trinajstić information content (AvgIpc) is 3.30. The van der Waals surface area contributed by atoms with Crippen LogP contribution in [-0.4, -0.2) is 48.8 Å². The molecular weight excluding hydrogens is 593 g/mol. The molecule has 0 bridgehead atoms. The second-order valence-corrected chi connectivity index (χ2v) is 19.7. The molecule has 0 spiro atoms. The first kappa shape index (κ1) is 38.0. The number of carbonyl (C=O) groups is 2. The van der Waals surface area contributed by atoms with E-state index >= 15 is 0 Å². The van der Waals surface area contributed by atoms with Crippen LogP contribution in [0.3, 0.4) is 0 Å². The number of rotatable bonds is 19. The standard InChI is InChI=1S/C39H60O6Si/c1-7-8-12-19-32(45-46(5,6)39(2,3)4)26-27-33-34(20-15-9-10-16-21-37(41)42)36(28-35(33)40)44-38(43)31-24-22-30(23-25-31)29-17-13-11-14-18-29/h11,13-14,17-18,22-25,32-36,40H,7-10,12,15-16,19-21,26-28H2,1-6H3,(H,41,42)/t32-,33-,34-,35?,36+/m1/s1. The van der Waals surface area contributed by atoms with Crippen LogP contribution in [0.5, 0.6) is 0 Å². The zero-order chi connectivity index (χ0) is 33.7. The van der Waals surface area contributed by atoms with Gasteiger partial charge in [0.1, 0.15) is 6.10 Å². The Morgan fingerprint density at radius 3 is 2.13 bits per heavy atom. The Labute approximate surface area is 279 Å². The normalized spacial score (nSPS) is 20.8. The van der Waals surface area contributed by atoms with Crippen molar-refractivity contribution in [3.63, 3.8) is 0 Å². The highest BCUT2D eigenvalue weighted by Crippen LogP contribution is 2.43. The van der Waals surface area contributed by atoms with Crippen molar-refractivity contribution in [1.29, 1.82) is 0 Å². The van der Waals surface area contributed by atoms with Crippen LogP contribution in [0.1, 0.15) is 122 Å². The highest BCUT2D eigenvalue weighted by atomic mass is 28.4. The van der Waals surface area contributed by atoms with Gasteiger partial charge in [-0.25, -0.2) is 4.79 Å². The number of ether oxygens (including phenoxy) is 1. The number of benzene rings is 2. The summed E-state index contributed by atoms with van der Waals surface area (Å²) in [5, 5.41) is 20.5. The van der Waals surface area contributed by atoms with E-state index in [-0.39, 0.29) is 41.5 Å². The van der Waals surface area contributed by atoms with E-state index in [9.17, 15) is 14.7 Å². The van der Waals surface area contributed by atoms with E-state index in [1.54, 1.807) is 0 Å². The molecule has 0 heterocycles. The van der Waals surface area contributed by atoms with Crippen LogP contribution in [0.25, 0.3) is 11.1 Å². The van der Waals surface area contributed by atoms with E-state index in [1.807, 2.05) is 54.6 Å². The number of esters is 1. The van der Waals surface area contributed by atoms with E-state index < -0.39 is 20.4 Å². The summed E-state index contributed by atoms with van der Waals surface area (Å²) in [4.78, 5) is 24.3. The van der Waals surface area contributed by atoms with E-state index in [4.69, 9.17) is 14.3 Å². The van der Waals surface area contributed by atoms with Gasteiger partial charge >= 0.3 is 11.9 Å². The fraction of sp³-hybridized carbons (Fsp3) is 0.641. The third-order valence-electron chi connectivity index (χ3n) is 10.4. The highest BCUT2D eigenvalue weighted by Gasteiger charge is 2.45. The molecule has 1 aliphatic rings. The summed E-state index contributed by atoms with van der Waals surface area (Å²) in [5.41, 5.74) is 2.66. The summed E-state index contributed by atoms with van der Waals surface area (Å²) in [6.07, 6.45) is 10.5. The molecule has 46 heavy (non-hydrogen) atoms. The SMILES string of the molecule is CCCCC[C@H](CC[C@H]1C(O)C[C@H](OC(=O)c2ccc(-c3ccccc3)cc2)[C@@H]1CCCCCCC(=O)O)O[Si](C)(C)C(C)(C)C. The maximum Gasteiger partial charge on any atom is 0.338 e. The molecule has 3 rings (SSSR count). The maximum atomic E-state index is 13.4. The zero-order valence-corrected chi connectivity index (χ0v) is 30.3. The minimum Gasteiger partial charge on any atom is -0.481 e. The van der Waals surface area contributed by atoms with Crippen molar-refractivity contribution < 1.29 is 29.0 Å². The minimum atomic E-state index is -1.95. The predicted molar refractivity (Wildman–Crippen MR) is 189 cm³/mol. The second-order valence-electron chi connectivity index (χ2n) is 14.9. The lowest BCUT2D eigenvalue weighted by atomic mass is 9.84. The van der Waals surface area contributed by atoms with Gasteiger partial charge in [-0.15, -0.1) is 0 Å². The molecular formula is C39H60O6Si. The third kappa shape index (κ3) is 11.6. The average molecular weight is 653 g/mol. The Morgan fingerprint density at radius 1 is 0.848 bits per heavy atom. The van der Waals surface area contributed by atoms with Crippen LogP contribution in [0, 0.1) is 11.8 Å². The third-order valence-corrected chi connectivity index (χ3v) is 14.9. The van der Waals surface area contributed by atoms with Gasteiger partial charge in [0.2, 0.25) is 0 Å². The molecule has 7 heteroatoms. The molecule has 0 radical (unpaired) electrons. The van der Waals surface area contributed by atoms with Gasteiger partial charge in [-0.1, -0.05) is 109 Å². The lowest BCUT2D eigenvalue weighted by Crippen LogP contribution is -2.44. The number of aliphatic hydroxyl groups excluding tert-OH is 1. The lowest BCUT2D eigenvalue weighted by Gasteiger charge is -2.40. The smallest absolute Gasteiger partial charge is 0.338 e. The Kier molecular flexibility index (Phi) is 15.0. The van der Waals surface area contributed by atoms with Gasteiger partial charge in [-0.3, -0.25) is 4.79 Å². The van der Waals surface area contributed by atoms with Crippen molar-refractivity contribution in [2.75, 3.05) is 0 Å². The van der Waals surface area contributed by atoms with Gasteiger partial charge < -0.3 is 19.4 Å². The molecule has 1 saturated carbocycles. The van der Waals surface area contributed by atoms with Crippen molar-refractivity contribution in [3.05, 3.63) is 60.2 Å². The number of carboxylic acid groups (broad SMARTS) is 1. The summed E-state index contributed by atoms with van der Waals surface area (Å²) in [5.74, 6) is -1.00. The molecule has 6 nitrogen and oxygen atoms in total. The van der Waals surface area contributed by atoms with Crippen LogP contribution >= 0.6 is 0 Å². The molecule has 5 atom stereocenters. The molecule has 2 N–H and O–H groups in total. The van der Waals surface area contributed by atoms with Crippen LogP contribution in [0.15, 0.2) is 54.6 Å². The zero-order valence-electron chi connectivity index (χ0n) is 29.3. The number of hydrogen-bond acceptors (Lipinski definition) is 5. The Hall–Kier alpha value is -2.48. The van der Waals surface area contributed by atoms with Crippen molar-refractivity contribution in [1.82, 2.24) is 0 Å². The minimum absolute atomic E-state index is 0.0361. The van der Waals surface area contributed by atoms with Crippen molar-refractivity contribution in [2.45, 2.75) is 148 Å². The predicted octanol–water partition coefficient (Wildman–Crippen LogP) is 10.1. The second kappa shape index (κ2) is 18.2. The Balaban J connectivity index is 1.71. The van der Waals surface area contributed by atoms with Crippen LogP contribution in [0.2, 0.25) is 18.1 Å². The van der Waals surface area contributed by atoms with Gasteiger partial charge in [0, 0.05) is 24.9 Å². The Morgan fingerprint density at radius 2 is 1.50 bits per heavy atom. The summed E-state index contributed by atoms with van der Waals surface area (Å²) in [7, 11) is -1.95. The molecule has 1 fully saturated rings. The summed E-state index contributed by atoms with van der Waals surface area (Å²) >= 11 is 0. The quantitative estimate of drug-likeness (QED) is 0.0891. The highest BCUT2D eigenvalue weighted by molar-refractivity contribution is 6.74. The lowest BCUT2D eigenvalue weighted by molar-refractivity contribution is -0.137. The number of carbonyl (C=O) groups excluding carboxylic acids is 1. The fourth-order valence-electron chi connectivity index (χ4n) is 6.59. The largest absolute Gasteiger partial charge is 0.481 e. The van der Waals surface area contributed by atoms with Crippen LogP contribution in [0.4, 0.5) is 0 Å². The molecule has 2 aromatic carbocycles. The van der Waals surface area contributed by atoms with Gasteiger partial charge in [-0.2, -0.15) is 0 Å². The number of unbranched alkanes of at least 4 members (excludes halogenated alkanes) is 5. The van der Waals surface area contributed by atoms with Crippen molar-refractivity contribution >= 4 is 20.3 Å². The first-order valence-electron chi connectivity index (χ1n) is 17.8. The molecule has 0 aromatic heterocycles. The first-order valence-corrected chi connectivity index (χ1v) is 20.7. The van der Waals surface area contributed by atoms with Crippen molar-refractivity contribution in [3.8, 4) is 11.1 Å². The fourth-order valence-corrected chi connectivity index (χ4v) is 8.01. The van der Waals surface area contributed by atoms with E-state index in [0.29, 0.717) is 18.4 Å². The number of aliphatic hydroxyl groups is 1. The molecule has 256 valence electrons. The summed E-state index contributed by atoms with van der Waals surface area (Å²) < 4.78 is 13.1. The van der Waals surface area contributed by atoms with E-state index in [2.05, 4.69) is 40.8 Å². The molecule has 1 aliphatic carbocycles. The van der Waals surface area contributed by atoms with Crippen LogP contribution in [-0.2, 0) is 14.0 Å². The van der Waals surface area contributed by atoms with E-state index in [0.717, 1.165) is 62.5 Å². The van der Waals surface area contributed by atoms with Gasteiger partial charge in [0.15, 0.2) is 8.32 Å². The monoisotopic (exact) mass is 652 g/mol. The van der Waals surface area contributed by atoms with E-state index in [1.165, 1.54) is 12.8 Å². The van der Waals surface area contributed by atoms with Crippen LogP contribution < -0.4 is 0 Å². The van der Waals surface area contributed by atoms with Gasteiger partial charge in [-0.05, 0) is 79.4 Å². The summed E-state index contributed by atoms with van der Waals surface area (Å²) in [6.45, 7) is 13.7. The summed E-state index contributed by atoms with van der Waals surface area (Å²) in [6, 6.07) is 17.6. The number of hydrogen-bond donors (Lipinski definition) is 2. The van der Waals surface area contributed by atoms with Crippen molar-refractivity contribution in [2.24, 2.45) is 11.8 Å². The number of aliphatic carboxylic acids is 1. The molecule has 2 aromatic rings. The molecule has 0 amide bonds. The molecule has 0 saturated heterocycles. The Bertz CT molecular complexity index is 1190.